The van der Waals surface area contributed by atoms with E-state index in [-0.39, 0.29) is 0 Å². The standard InChI is InChI=1S/2C8H16N2.H2O4S/c2*1-3-4-5-10-7-6-9(2)8-10;1-5(2,3)4/h2*6-7H,3-5,8H2,1-2H3;(H2,1,2,3,4). The molecular weight excluding hydrogens is 344 g/mol. The van der Waals surface area contributed by atoms with Gasteiger partial charge in [-0.15, -0.1) is 0 Å². The number of unbranched alkanes of at least 4 members (excludes halogenated alkanes) is 2. The molecule has 148 valence electrons. The fourth-order valence-corrected chi connectivity index (χ4v) is 2.45. The van der Waals surface area contributed by atoms with Gasteiger partial charge in [0, 0.05) is 24.5 Å². The maximum absolute atomic E-state index is 8.52. The van der Waals surface area contributed by atoms with Gasteiger partial charge < -0.3 is 18.9 Å². The Morgan fingerprint density at radius 2 is 1.20 bits per heavy atom. The largest absolute Gasteiger partial charge is 0.759 e. The van der Waals surface area contributed by atoms with Gasteiger partial charge in [0.1, 0.15) is 12.4 Å². The molecule has 0 saturated carbocycles. The summed E-state index contributed by atoms with van der Waals surface area (Å²) >= 11 is 0. The fourth-order valence-electron chi connectivity index (χ4n) is 2.45. The summed E-state index contributed by atoms with van der Waals surface area (Å²) in [5.74, 6) is 0. The molecule has 0 bridgehead atoms. The quantitative estimate of drug-likeness (QED) is 0.443. The summed E-state index contributed by atoms with van der Waals surface area (Å²) < 4.78 is 34.1. The van der Waals surface area contributed by atoms with E-state index in [1.807, 2.05) is 0 Å². The summed E-state index contributed by atoms with van der Waals surface area (Å²) in [6.07, 6.45) is 14.1. The van der Waals surface area contributed by atoms with Crippen LogP contribution in [0.25, 0.3) is 0 Å². The molecule has 0 aromatic heterocycles. The highest BCUT2D eigenvalue weighted by Gasteiger charge is 2.12. The second-order valence-electron chi connectivity index (χ2n) is 6.39. The minimum Gasteiger partial charge on any atom is -0.759 e. The van der Waals surface area contributed by atoms with Crippen LogP contribution in [0.15, 0.2) is 24.8 Å². The predicted molar refractivity (Wildman–Crippen MR) is 95.5 cm³/mol. The lowest BCUT2D eigenvalue weighted by Crippen LogP contribution is -3.07. The minimum atomic E-state index is -5.17. The average Bonchev–Trinajstić information content (AvgIpc) is 3.10. The number of quaternary nitrogens is 2. The molecule has 0 spiro atoms. The van der Waals surface area contributed by atoms with Crippen molar-refractivity contribution in [1.29, 1.82) is 0 Å². The Hall–Kier alpha value is -1.13. The molecule has 9 heteroatoms. The number of nitrogens with one attached hydrogen (secondary N) is 2. The Balaban J connectivity index is 0.000000368. The van der Waals surface area contributed by atoms with Crippen LogP contribution in [0.4, 0.5) is 0 Å². The predicted octanol–water partition coefficient (Wildman–Crippen LogP) is -1.25. The van der Waals surface area contributed by atoms with Crippen molar-refractivity contribution in [3.05, 3.63) is 24.8 Å². The first-order valence-corrected chi connectivity index (χ1v) is 10.1. The molecule has 0 fully saturated rings. The van der Waals surface area contributed by atoms with Gasteiger partial charge in [0.25, 0.3) is 0 Å². The summed E-state index contributed by atoms with van der Waals surface area (Å²) in [6, 6.07) is 0. The molecule has 2 aliphatic heterocycles. The summed E-state index contributed by atoms with van der Waals surface area (Å²) in [4.78, 5) is 7.63. The molecule has 0 aromatic rings. The van der Waals surface area contributed by atoms with Gasteiger partial charge in [-0.2, -0.15) is 0 Å². The highest BCUT2D eigenvalue weighted by Crippen LogP contribution is 1.86. The van der Waals surface area contributed by atoms with Gasteiger partial charge in [0.15, 0.2) is 13.3 Å². The first-order valence-electron chi connectivity index (χ1n) is 8.78. The van der Waals surface area contributed by atoms with E-state index in [4.69, 9.17) is 17.5 Å². The molecule has 0 radical (unpaired) electrons. The SMILES string of the molecule is CCCC[NH+]1C=CN(C)C1.CCCC[NH+]1C=CN(C)C1.O=S(=O)([O-])[O-]. The van der Waals surface area contributed by atoms with Crippen molar-refractivity contribution in [2.75, 3.05) is 40.5 Å². The Labute approximate surface area is 153 Å². The summed E-state index contributed by atoms with van der Waals surface area (Å²) in [5, 5.41) is 0. The lowest BCUT2D eigenvalue weighted by atomic mass is 10.3. The van der Waals surface area contributed by atoms with Crippen LogP contribution >= 0.6 is 0 Å². The molecule has 2 atom stereocenters. The van der Waals surface area contributed by atoms with Gasteiger partial charge in [-0.1, -0.05) is 26.7 Å². The maximum atomic E-state index is 8.52. The Morgan fingerprint density at radius 3 is 1.40 bits per heavy atom. The lowest BCUT2D eigenvalue weighted by Gasteiger charge is -2.11. The van der Waals surface area contributed by atoms with Crippen LogP contribution < -0.4 is 9.80 Å². The zero-order chi connectivity index (χ0) is 19.3. The molecule has 2 unspecified atom stereocenters. The zero-order valence-electron chi connectivity index (χ0n) is 15.9. The van der Waals surface area contributed by atoms with E-state index >= 15 is 0 Å². The van der Waals surface area contributed by atoms with E-state index in [0.717, 1.165) is 13.3 Å². The minimum absolute atomic E-state index is 1.15. The lowest BCUT2D eigenvalue weighted by molar-refractivity contribution is -0.849. The van der Waals surface area contributed by atoms with E-state index in [1.54, 1.807) is 9.80 Å². The van der Waals surface area contributed by atoms with E-state index in [1.165, 1.54) is 38.8 Å². The van der Waals surface area contributed by atoms with Crippen LogP contribution in [0.2, 0.25) is 0 Å². The molecule has 2 aliphatic rings. The van der Waals surface area contributed by atoms with Crippen LogP contribution in [0.5, 0.6) is 0 Å². The van der Waals surface area contributed by atoms with Crippen molar-refractivity contribution < 1.29 is 27.3 Å². The first-order chi connectivity index (χ1) is 11.7. The van der Waals surface area contributed by atoms with Crippen LogP contribution in [0, 0.1) is 0 Å². The molecule has 0 aromatic carbocycles. The smallest absolute Gasteiger partial charge is 0.156 e. The van der Waals surface area contributed by atoms with Gasteiger partial charge in [-0.3, -0.25) is 18.2 Å². The third kappa shape index (κ3) is 16.1. The maximum Gasteiger partial charge on any atom is 0.156 e. The van der Waals surface area contributed by atoms with E-state index < -0.39 is 10.4 Å². The number of rotatable bonds is 6. The molecule has 8 nitrogen and oxygen atoms in total. The molecule has 25 heavy (non-hydrogen) atoms. The number of hydrogen-bond donors (Lipinski definition) is 2. The molecule has 0 aliphatic carbocycles. The van der Waals surface area contributed by atoms with Crippen molar-refractivity contribution in [3.63, 3.8) is 0 Å². The van der Waals surface area contributed by atoms with Crippen LogP contribution in [0.3, 0.4) is 0 Å². The first kappa shape index (κ1) is 23.9. The number of nitrogens with zero attached hydrogens (tertiary/aromatic N) is 2. The number of hydrogen-bond acceptors (Lipinski definition) is 6. The van der Waals surface area contributed by atoms with Gasteiger partial charge in [-0.05, 0) is 12.8 Å². The third-order valence-corrected chi connectivity index (χ3v) is 3.74. The summed E-state index contributed by atoms with van der Waals surface area (Å²) in [7, 11) is -0.926. The van der Waals surface area contributed by atoms with Crippen molar-refractivity contribution in [2.24, 2.45) is 0 Å². The van der Waals surface area contributed by atoms with E-state index in [0.29, 0.717) is 0 Å². The molecule has 0 saturated heterocycles. The normalized spacial score (nSPS) is 21.7. The monoisotopic (exact) mass is 378 g/mol. The summed E-state index contributed by atoms with van der Waals surface area (Å²) in [5.41, 5.74) is 0. The van der Waals surface area contributed by atoms with Crippen molar-refractivity contribution in [2.45, 2.75) is 39.5 Å². The second kappa shape index (κ2) is 13.1. The molecule has 2 heterocycles. The Kier molecular flexibility index (Phi) is 12.5. The molecular formula is C16H34N4O4S. The summed E-state index contributed by atoms with van der Waals surface area (Å²) in [6.45, 7) is 9.36. The van der Waals surface area contributed by atoms with Crippen LogP contribution in [-0.4, -0.2) is 67.8 Å². The third-order valence-electron chi connectivity index (χ3n) is 3.74. The van der Waals surface area contributed by atoms with Gasteiger partial charge in [-0.25, -0.2) is 0 Å². The average molecular weight is 379 g/mol. The Bertz CT molecular complexity index is 458. The van der Waals surface area contributed by atoms with E-state index in [2.05, 4.69) is 62.5 Å². The van der Waals surface area contributed by atoms with Gasteiger partial charge in [0.2, 0.25) is 0 Å². The van der Waals surface area contributed by atoms with Gasteiger partial charge in [0.05, 0.1) is 25.5 Å². The Morgan fingerprint density at radius 1 is 0.880 bits per heavy atom. The van der Waals surface area contributed by atoms with Crippen LogP contribution in [-0.2, 0) is 10.4 Å². The van der Waals surface area contributed by atoms with Crippen molar-refractivity contribution in [1.82, 2.24) is 9.80 Å². The molecule has 2 rings (SSSR count). The highest BCUT2D eigenvalue weighted by molar-refractivity contribution is 7.79. The zero-order valence-corrected chi connectivity index (χ0v) is 16.7. The molecule has 2 N–H and O–H groups in total. The highest BCUT2D eigenvalue weighted by atomic mass is 32.3. The second-order valence-corrected chi connectivity index (χ2v) is 7.21. The van der Waals surface area contributed by atoms with Crippen LogP contribution in [0.1, 0.15) is 39.5 Å². The van der Waals surface area contributed by atoms with Crippen molar-refractivity contribution >= 4 is 10.4 Å². The fraction of sp³-hybridized carbons (Fsp3) is 0.750. The van der Waals surface area contributed by atoms with E-state index in [9.17, 15) is 0 Å². The van der Waals surface area contributed by atoms with Crippen molar-refractivity contribution in [3.8, 4) is 0 Å². The molecule has 0 amide bonds. The van der Waals surface area contributed by atoms with Gasteiger partial charge >= 0.3 is 0 Å². The topological polar surface area (TPSA) is 95.6 Å².